The predicted molar refractivity (Wildman–Crippen MR) is 92.4 cm³/mol. The summed E-state index contributed by atoms with van der Waals surface area (Å²) in [5.41, 5.74) is 0.607. The van der Waals surface area contributed by atoms with Crippen molar-refractivity contribution < 1.29 is 19.1 Å². The molecule has 25 heavy (non-hydrogen) atoms. The van der Waals surface area contributed by atoms with Crippen LogP contribution in [0.3, 0.4) is 0 Å². The Labute approximate surface area is 147 Å². The number of benzene rings is 1. The lowest BCUT2D eigenvalue weighted by Gasteiger charge is -2.34. The highest BCUT2D eigenvalue weighted by molar-refractivity contribution is 5.85. The number of methoxy groups -OCH3 is 2. The molecule has 1 saturated heterocycles. The van der Waals surface area contributed by atoms with E-state index in [9.17, 15) is 9.59 Å². The maximum absolute atomic E-state index is 13.1. The minimum absolute atomic E-state index is 0.0642. The summed E-state index contributed by atoms with van der Waals surface area (Å²) in [4.78, 5) is 29.4. The molecule has 1 spiro atoms. The summed E-state index contributed by atoms with van der Waals surface area (Å²) < 4.78 is 10.7. The molecule has 1 aromatic rings. The van der Waals surface area contributed by atoms with Crippen molar-refractivity contribution in [2.45, 2.75) is 44.7 Å². The largest absolute Gasteiger partial charge is 0.497 e. The van der Waals surface area contributed by atoms with Gasteiger partial charge in [-0.1, -0.05) is 6.42 Å². The number of hydrogen-bond acceptors (Lipinski definition) is 5. The molecular formula is C19H24N2O4. The van der Waals surface area contributed by atoms with E-state index in [2.05, 4.69) is 4.99 Å². The third-order valence-electron chi connectivity index (χ3n) is 5.51. The smallest absolute Gasteiger partial charge is 0.235 e. The first-order valence-electron chi connectivity index (χ1n) is 8.69. The van der Waals surface area contributed by atoms with Gasteiger partial charge in [0.15, 0.2) is 0 Å². The molecule has 0 aromatic heterocycles. The standard InChI is InChI=1S/C19H24N2O4/c1-24-16-6-5-14(17(10-16)25-2)12-21-9-8-19(18(21)23)7-3-4-15(11-19)20-13-22/h5-6,10,15H,3-4,7-9,11-12H2,1-2H3/t15-,19-/m0/s1. The maximum atomic E-state index is 13.1. The lowest BCUT2D eigenvalue weighted by molar-refractivity contribution is -0.138. The average molecular weight is 344 g/mol. The second-order valence-electron chi connectivity index (χ2n) is 6.91. The van der Waals surface area contributed by atoms with E-state index in [1.165, 1.54) is 0 Å². The Morgan fingerprint density at radius 2 is 2.16 bits per heavy atom. The van der Waals surface area contributed by atoms with Crippen LogP contribution in [0.2, 0.25) is 0 Å². The van der Waals surface area contributed by atoms with Gasteiger partial charge in [-0.2, -0.15) is 0 Å². The van der Waals surface area contributed by atoms with Crippen LogP contribution in [-0.4, -0.2) is 43.7 Å². The lowest BCUT2D eigenvalue weighted by Crippen LogP contribution is -2.39. The number of amides is 1. The van der Waals surface area contributed by atoms with Gasteiger partial charge in [0, 0.05) is 24.7 Å². The topological polar surface area (TPSA) is 68.2 Å². The zero-order valence-electron chi connectivity index (χ0n) is 14.8. The summed E-state index contributed by atoms with van der Waals surface area (Å²) in [5.74, 6) is 1.63. The first kappa shape index (κ1) is 17.5. The van der Waals surface area contributed by atoms with E-state index in [1.807, 2.05) is 23.1 Å². The van der Waals surface area contributed by atoms with Crippen LogP contribution in [-0.2, 0) is 16.1 Å². The molecule has 2 aliphatic rings. The molecule has 6 heteroatoms. The highest BCUT2D eigenvalue weighted by Gasteiger charge is 2.49. The molecule has 0 N–H and O–H groups in total. The second-order valence-corrected chi connectivity index (χ2v) is 6.91. The highest BCUT2D eigenvalue weighted by Crippen LogP contribution is 2.46. The van der Waals surface area contributed by atoms with Crippen molar-refractivity contribution in [2.24, 2.45) is 10.4 Å². The van der Waals surface area contributed by atoms with Gasteiger partial charge in [-0.05, 0) is 37.8 Å². The van der Waals surface area contributed by atoms with E-state index in [4.69, 9.17) is 9.47 Å². The minimum Gasteiger partial charge on any atom is -0.497 e. The van der Waals surface area contributed by atoms with E-state index in [1.54, 1.807) is 20.3 Å². The molecule has 1 aromatic carbocycles. The summed E-state index contributed by atoms with van der Waals surface area (Å²) in [6.07, 6.45) is 5.84. The van der Waals surface area contributed by atoms with Crippen molar-refractivity contribution in [1.29, 1.82) is 0 Å². The first-order valence-corrected chi connectivity index (χ1v) is 8.69. The number of ether oxygens (including phenoxy) is 2. The molecule has 1 aliphatic heterocycles. The summed E-state index contributed by atoms with van der Waals surface area (Å²) >= 11 is 0. The van der Waals surface area contributed by atoms with Crippen molar-refractivity contribution in [3.63, 3.8) is 0 Å². The van der Waals surface area contributed by atoms with Crippen molar-refractivity contribution in [3.05, 3.63) is 23.8 Å². The number of carbonyl (C=O) groups excluding carboxylic acids is 2. The van der Waals surface area contributed by atoms with Crippen molar-refractivity contribution in [3.8, 4) is 11.5 Å². The summed E-state index contributed by atoms with van der Waals surface area (Å²) in [5, 5.41) is 0. The zero-order valence-corrected chi connectivity index (χ0v) is 14.8. The molecule has 6 nitrogen and oxygen atoms in total. The molecule has 2 fully saturated rings. The van der Waals surface area contributed by atoms with Crippen LogP contribution in [0.4, 0.5) is 0 Å². The normalized spacial score (nSPS) is 25.8. The van der Waals surface area contributed by atoms with E-state index in [0.29, 0.717) is 13.0 Å². The van der Waals surface area contributed by atoms with E-state index < -0.39 is 0 Å². The van der Waals surface area contributed by atoms with Gasteiger partial charge in [0.05, 0.1) is 25.7 Å². The van der Waals surface area contributed by atoms with E-state index in [0.717, 1.165) is 49.3 Å². The quantitative estimate of drug-likeness (QED) is 0.608. The van der Waals surface area contributed by atoms with Crippen LogP contribution in [0.1, 0.15) is 37.7 Å². The summed E-state index contributed by atoms with van der Waals surface area (Å²) in [7, 11) is 3.23. The first-order chi connectivity index (χ1) is 12.1. The number of hydrogen-bond donors (Lipinski definition) is 0. The second kappa shape index (κ2) is 7.28. The fraction of sp³-hybridized carbons (Fsp3) is 0.579. The number of carbonyl (C=O) groups is 1. The molecule has 3 rings (SSSR count). The molecular weight excluding hydrogens is 320 g/mol. The van der Waals surface area contributed by atoms with Crippen molar-refractivity contribution in [2.75, 3.05) is 20.8 Å². The predicted octanol–water partition coefficient (Wildman–Crippen LogP) is 2.70. The van der Waals surface area contributed by atoms with Crippen LogP contribution in [0, 0.1) is 5.41 Å². The lowest BCUT2D eigenvalue weighted by atomic mass is 9.71. The van der Waals surface area contributed by atoms with Crippen LogP contribution >= 0.6 is 0 Å². The Balaban J connectivity index is 1.75. The molecule has 134 valence electrons. The van der Waals surface area contributed by atoms with Crippen molar-refractivity contribution >= 4 is 12.0 Å². The monoisotopic (exact) mass is 344 g/mol. The zero-order chi connectivity index (χ0) is 17.9. The van der Waals surface area contributed by atoms with Gasteiger partial charge in [-0.25, -0.2) is 9.79 Å². The SMILES string of the molecule is COc1ccc(CN2CC[C@]3(CCC[C@H](N=C=O)C3)C2=O)c(OC)c1. The fourth-order valence-corrected chi connectivity index (χ4v) is 4.17. The highest BCUT2D eigenvalue weighted by atomic mass is 16.5. The molecule has 0 radical (unpaired) electrons. The molecule has 1 amide bonds. The van der Waals surface area contributed by atoms with E-state index in [-0.39, 0.29) is 17.4 Å². The Kier molecular flexibility index (Phi) is 5.09. The summed E-state index contributed by atoms with van der Waals surface area (Å²) in [6, 6.07) is 5.59. The van der Waals surface area contributed by atoms with Gasteiger partial charge in [0.1, 0.15) is 11.5 Å². The average Bonchev–Trinajstić information content (AvgIpc) is 2.92. The Hall–Kier alpha value is -2.33. The van der Waals surface area contributed by atoms with Crippen LogP contribution < -0.4 is 9.47 Å². The molecule has 0 bridgehead atoms. The number of likely N-dealkylation sites (tertiary alicyclic amines) is 1. The van der Waals surface area contributed by atoms with Crippen LogP contribution in [0.25, 0.3) is 0 Å². The van der Waals surface area contributed by atoms with Crippen molar-refractivity contribution in [1.82, 2.24) is 4.90 Å². The maximum Gasteiger partial charge on any atom is 0.235 e. The molecule has 1 aliphatic carbocycles. The van der Waals surface area contributed by atoms with Gasteiger partial charge >= 0.3 is 0 Å². The molecule has 1 saturated carbocycles. The van der Waals surface area contributed by atoms with Gasteiger partial charge in [0.25, 0.3) is 0 Å². The van der Waals surface area contributed by atoms with Gasteiger partial charge in [-0.15, -0.1) is 0 Å². The number of nitrogens with zero attached hydrogens (tertiary/aromatic N) is 2. The van der Waals surface area contributed by atoms with Crippen LogP contribution in [0.15, 0.2) is 23.2 Å². The molecule has 2 atom stereocenters. The third-order valence-corrected chi connectivity index (χ3v) is 5.51. The minimum atomic E-state index is -0.358. The van der Waals surface area contributed by atoms with Gasteiger partial charge < -0.3 is 14.4 Å². The number of rotatable bonds is 5. The Bertz CT molecular complexity index is 699. The van der Waals surface area contributed by atoms with E-state index >= 15 is 0 Å². The molecule has 1 heterocycles. The number of aliphatic imine (C=N–C) groups is 1. The third kappa shape index (κ3) is 3.40. The number of isocyanates is 1. The van der Waals surface area contributed by atoms with Gasteiger partial charge in [0.2, 0.25) is 12.0 Å². The Morgan fingerprint density at radius 3 is 2.88 bits per heavy atom. The fourth-order valence-electron chi connectivity index (χ4n) is 4.17. The Morgan fingerprint density at radius 1 is 1.32 bits per heavy atom. The van der Waals surface area contributed by atoms with Crippen LogP contribution in [0.5, 0.6) is 11.5 Å². The summed E-state index contributed by atoms with van der Waals surface area (Å²) in [6.45, 7) is 1.25. The van der Waals surface area contributed by atoms with Gasteiger partial charge in [-0.3, -0.25) is 4.79 Å². The molecule has 0 unspecified atom stereocenters.